The average molecular weight is 409 g/mol. The van der Waals surface area contributed by atoms with Crippen molar-refractivity contribution in [2.24, 2.45) is 0 Å². The SMILES string of the molecule is Clc1ccccc1CC(Cl)c1cc(Br)cc(Br)c1. The molecule has 18 heavy (non-hydrogen) atoms. The Bertz CT molecular complexity index is 535. The molecule has 2 aromatic carbocycles. The fraction of sp³-hybridized carbons (Fsp3) is 0.143. The minimum absolute atomic E-state index is 0.0984. The third-order valence-corrected chi connectivity index (χ3v) is 4.29. The zero-order valence-corrected chi connectivity index (χ0v) is 14.0. The molecule has 0 amide bonds. The minimum Gasteiger partial charge on any atom is -0.117 e. The fourth-order valence-corrected chi connectivity index (χ4v) is 3.57. The van der Waals surface area contributed by atoms with Crippen molar-refractivity contribution >= 4 is 55.1 Å². The van der Waals surface area contributed by atoms with Crippen molar-refractivity contribution in [1.29, 1.82) is 0 Å². The summed E-state index contributed by atoms with van der Waals surface area (Å²) in [5.41, 5.74) is 2.13. The van der Waals surface area contributed by atoms with Crippen LogP contribution in [0.2, 0.25) is 5.02 Å². The van der Waals surface area contributed by atoms with Crippen LogP contribution in [0.5, 0.6) is 0 Å². The number of hydrogen-bond donors (Lipinski definition) is 0. The first-order valence-corrected chi connectivity index (χ1v) is 7.80. The van der Waals surface area contributed by atoms with Crippen molar-refractivity contribution < 1.29 is 0 Å². The lowest BCUT2D eigenvalue weighted by Gasteiger charge is -2.12. The van der Waals surface area contributed by atoms with Crippen LogP contribution < -0.4 is 0 Å². The predicted octanol–water partition coefficient (Wildman–Crippen LogP) is 6.39. The van der Waals surface area contributed by atoms with Crippen molar-refractivity contribution in [3.05, 3.63) is 67.6 Å². The Kier molecular flexibility index (Phi) is 5.14. The van der Waals surface area contributed by atoms with Crippen LogP contribution in [0.15, 0.2) is 51.4 Å². The molecule has 0 N–H and O–H groups in total. The van der Waals surface area contributed by atoms with Gasteiger partial charge >= 0.3 is 0 Å². The zero-order valence-electron chi connectivity index (χ0n) is 9.34. The van der Waals surface area contributed by atoms with Crippen molar-refractivity contribution in [1.82, 2.24) is 0 Å². The zero-order chi connectivity index (χ0) is 13.1. The Balaban J connectivity index is 2.22. The number of rotatable bonds is 3. The molecule has 0 nitrogen and oxygen atoms in total. The predicted molar refractivity (Wildman–Crippen MR) is 85.6 cm³/mol. The molecule has 1 atom stereocenters. The monoisotopic (exact) mass is 406 g/mol. The minimum atomic E-state index is -0.0984. The van der Waals surface area contributed by atoms with Gasteiger partial charge in [0.25, 0.3) is 0 Å². The Labute approximate surface area is 134 Å². The summed E-state index contributed by atoms with van der Waals surface area (Å²) in [5.74, 6) is 0. The Morgan fingerprint density at radius 3 is 2.22 bits per heavy atom. The van der Waals surface area contributed by atoms with Crippen LogP contribution in [0.4, 0.5) is 0 Å². The van der Waals surface area contributed by atoms with Crippen molar-refractivity contribution in [3.8, 4) is 0 Å². The summed E-state index contributed by atoms with van der Waals surface area (Å²) in [4.78, 5) is 0. The van der Waals surface area contributed by atoms with Gasteiger partial charge in [-0.3, -0.25) is 0 Å². The molecule has 1 unspecified atom stereocenters. The maximum absolute atomic E-state index is 6.46. The first kappa shape index (κ1) is 14.4. The molecule has 0 aromatic heterocycles. The van der Waals surface area contributed by atoms with Gasteiger partial charge in [0.2, 0.25) is 0 Å². The summed E-state index contributed by atoms with van der Waals surface area (Å²) in [6.45, 7) is 0. The molecule has 2 aromatic rings. The lowest BCUT2D eigenvalue weighted by molar-refractivity contribution is 0.918. The molecule has 0 saturated carbocycles. The van der Waals surface area contributed by atoms with E-state index in [0.29, 0.717) is 6.42 Å². The Morgan fingerprint density at radius 1 is 1.00 bits per heavy atom. The highest BCUT2D eigenvalue weighted by atomic mass is 79.9. The van der Waals surface area contributed by atoms with E-state index in [-0.39, 0.29) is 5.38 Å². The van der Waals surface area contributed by atoms with Crippen molar-refractivity contribution in [2.45, 2.75) is 11.8 Å². The molecular formula is C14H10Br2Cl2. The fourth-order valence-electron chi connectivity index (χ4n) is 1.73. The van der Waals surface area contributed by atoms with Gasteiger partial charge in [-0.25, -0.2) is 0 Å². The number of benzene rings is 2. The summed E-state index contributed by atoms with van der Waals surface area (Å²) < 4.78 is 2.02. The topological polar surface area (TPSA) is 0 Å². The van der Waals surface area contributed by atoms with E-state index in [1.165, 1.54) is 0 Å². The summed E-state index contributed by atoms with van der Waals surface area (Å²) in [6, 6.07) is 13.8. The highest BCUT2D eigenvalue weighted by molar-refractivity contribution is 9.11. The number of alkyl halides is 1. The molecule has 2 rings (SSSR count). The maximum Gasteiger partial charge on any atom is 0.0626 e. The smallest absolute Gasteiger partial charge is 0.0626 e. The first-order chi connectivity index (χ1) is 8.56. The number of hydrogen-bond acceptors (Lipinski definition) is 0. The largest absolute Gasteiger partial charge is 0.117 e. The van der Waals surface area contributed by atoms with Crippen molar-refractivity contribution in [3.63, 3.8) is 0 Å². The van der Waals surface area contributed by atoms with E-state index in [0.717, 1.165) is 25.1 Å². The van der Waals surface area contributed by atoms with Gasteiger partial charge in [-0.1, -0.05) is 61.7 Å². The van der Waals surface area contributed by atoms with Gasteiger partial charge in [0.05, 0.1) is 5.38 Å². The molecule has 0 saturated heterocycles. The third kappa shape index (κ3) is 3.74. The summed E-state index contributed by atoms with van der Waals surface area (Å²) in [6.07, 6.45) is 0.712. The van der Waals surface area contributed by atoms with Gasteiger partial charge in [-0.05, 0) is 41.8 Å². The maximum atomic E-state index is 6.46. The van der Waals surface area contributed by atoms with Gasteiger partial charge in [0.15, 0.2) is 0 Å². The Hall–Kier alpha value is -0.0200. The van der Waals surface area contributed by atoms with E-state index in [9.17, 15) is 0 Å². The Morgan fingerprint density at radius 2 is 1.61 bits per heavy atom. The molecule has 0 spiro atoms. The lowest BCUT2D eigenvalue weighted by atomic mass is 10.0. The first-order valence-electron chi connectivity index (χ1n) is 5.40. The van der Waals surface area contributed by atoms with E-state index in [1.54, 1.807) is 0 Å². The molecule has 0 aliphatic carbocycles. The van der Waals surface area contributed by atoms with E-state index in [4.69, 9.17) is 23.2 Å². The summed E-state index contributed by atoms with van der Waals surface area (Å²) >= 11 is 19.5. The van der Waals surface area contributed by atoms with Crippen LogP contribution in [-0.4, -0.2) is 0 Å². The summed E-state index contributed by atoms with van der Waals surface area (Å²) in [7, 11) is 0. The van der Waals surface area contributed by atoms with Crippen LogP contribution >= 0.6 is 55.1 Å². The molecule has 0 bridgehead atoms. The van der Waals surface area contributed by atoms with Crippen LogP contribution in [0.1, 0.15) is 16.5 Å². The average Bonchev–Trinajstić information content (AvgIpc) is 2.31. The quantitative estimate of drug-likeness (QED) is 0.516. The van der Waals surface area contributed by atoms with Gasteiger partial charge in [-0.2, -0.15) is 0 Å². The van der Waals surface area contributed by atoms with Crippen LogP contribution in [0.3, 0.4) is 0 Å². The van der Waals surface area contributed by atoms with Crippen LogP contribution in [-0.2, 0) is 6.42 Å². The molecular weight excluding hydrogens is 399 g/mol. The standard InChI is InChI=1S/C14H10Br2Cl2/c15-11-5-10(6-12(16)8-11)14(18)7-9-3-1-2-4-13(9)17/h1-6,8,14H,7H2. The lowest BCUT2D eigenvalue weighted by Crippen LogP contribution is -1.97. The molecule has 0 radical (unpaired) electrons. The van der Waals surface area contributed by atoms with E-state index in [2.05, 4.69) is 31.9 Å². The third-order valence-electron chi connectivity index (χ3n) is 2.60. The summed E-state index contributed by atoms with van der Waals surface area (Å²) in [5, 5.41) is 0.663. The molecule has 4 heteroatoms. The molecule has 0 aliphatic heterocycles. The molecule has 94 valence electrons. The second-order valence-corrected chi connectivity index (χ2v) is 6.73. The highest BCUT2D eigenvalue weighted by Crippen LogP contribution is 2.31. The van der Waals surface area contributed by atoms with Gasteiger partial charge in [0.1, 0.15) is 0 Å². The second kappa shape index (κ2) is 6.42. The van der Waals surface area contributed by atoms with E-state index in [1.807, 2.05) is 42.5 Å². The number of halogens is 4. The molecule has 0 heterocycles. The van der Waals surface area contributed by atoms with Crippen LogP contribution in [0.25, 0.3) is 0 Å². The van der Waals surface area contributed by atoms with E-state index < -0.39 is 0 Å². The molecule has 0 aliphatic rings. The van der Waals surface area contributed by atoms with Gasteiger partial charge in [-0.15, -0.1) is 11.6 Å². The van der Waals surface area contributed by atoms with E-state index >= 15 is 0 Å². The normalized spacial score (nSPS) is 12.4. The van der Waals surface area contributed by atoms with Crippen molar-refractivity contribution in [2.75, 3.05) is 0 Å². The second-order valence-electron chi connectivity index (χ2n) is 3.97. The van der Waals surface area contributed by atoms with Gasteiger partial charge in [0, 0.05) is 14.0 Å². The molecule has 0 fully saturated rings. The van der Waals surface area contributed by atoms with Gasteiger partial charge < -0.3 is 0 Å². The highest BCUT2D eigenvalue weighted by Gasteiger charge is 2.12. The van der Waals surface area contributed by atoms with Crippen LogP contribution in [0, 0.1) is 0 Å².